The maximum absolute atomic E-state index is 13.1. The van der Waals surface area contributed by atoms with Crippen molar-refractivity contribution in [3.05, 3.63) is 23.8 Å². The number of benzene rings is 1. The van der Waals surface area contributed by atoms with Crippen LogP contribution in [0.1, 0.15) is 47.1 Å². The predicted octanol–water partition coefficient (Wildman–Crippen LogP) is 3.19. The van der Waals surface area contributed by atoms with E-state index in [1.807, 2.05) is 52.8 Å². The summed E-state index contributed by atoms with van der Waals surface area (Å²) in [5.41, 5.74) is 0.827. The summed E-state index contributed by atoms with van der Waals surface area (Å²) >= 11 is 0. The summed E-state index contributed by atoms with van der Waals surface area (Å²) < 4.78 is 36.3. The second-order valence-electron chi connectivity index (χ2n) is 6.97. The summed E-state index contributed by atoms with van der Waals surface area (Å²) in [5.74, 6) is 0. The van der Waals surface area contributed by atoms with Crippen LogP contribution in [0.2, 0.25) is 0 Å². The van der Waals surface area contributed by atoms with Gasteiger partial charge in [0.25, 0.3) is 0 Å². The molecule has 0 bridgehead atoms. The molecular weight excluding hydrogens is 326 g/mol. The second kappa shape index (κ2) is 6.93. The van der Waals surface area contributed by atoms with E-state index in [9.17, 15) is 4.57 Å². The zero-order valence-corrected chi connectivity index (χ0v) is 16.6. The lowest BCUT2D eigenvalue weighted by Crippen LogP contribution is -2.41. The third-order valence-corrected chi connectivity index (χ3v) is 6.92. The quantitative estimate of drug-likeness (QED) is 0.580. The smallest absolute Gasteiger partial charge is 0.399 e. The van der Waals surface area contributed by atoms with Gasteiger partial charge < -0.3 is 18.4 Å². The molecule has 2 rings (SSSR count). The van der Waals surface area contributed by atoms with Crippen molar-refractivity contribution < 1.29 is 22.9 Å². The normalized spacial score (nSPS) is 19.7. The molecule has 1 aromatic rings. The maximum atomic E-state index is 13.1. The molecule has 0 aliphatic carbocycles. The number of hydrogen-bond acceptors (Lipinski definition) is 5. The van der Waals surface area contributed by atoms with E-state index in [0.29, 0.717) is 18.5 Å². The van der Waals surface area contributed by atoms with Crippen LogP contribution in [0.3, 0.4) is 0 Å². The van der Waals surface area contributed by atoms with Crippen molar-refractivity contribution in [2.24, 2.45) is 0 Å². The van der Waals surface area contributed by atoms with E-state index in [-0.39, 0.29) is 0 Å². The number of aryl methyl sites for hydroxylation is 1. The fourth-order valence-electron chi connectivity index (χ4n) is 2.56. The third kappa shape index (κ3) is 3.63. The van der Waals surface area contributed by atoms with Crippen LogP contribution in [0.4, 0.5) is 0 Å². The Morgan fingerprint density at radius 2 is 1.54 bits per heavy atom. The van der Waals surface area contributed by atoms with Crippen molar-refractivity contribution in [1.82, 2.24) is 0 Å². The fraction of sp³-hybridized carbons (Fsp3) is 0.647. The lowest BCUT2D eigenvalue weighted by atomic mass is 9.79. The second-order valence-corrected chi connectivity index (χ2v) is 8.96. The summed E-state index contributed by atoms with van der Waals surface area (Å²) in [6.07, 6.45) is 0. The lowest BCUT2D eigenvalue weighted by Gasteiger charge is -2.32. The standard InChI is InChI=1S/C17H28BO5P/c1-8-20-24(19,21-9-2)15-12-14(11-10-13(15)3)18-22-16(4,5)17(6,7)23-18/h10-12H,8-9H2,1-7H3. The molecule has 0 unspecified atom stereocenters. The average molecular weight is 354 g/mol. The molecule has 0 amide bonds. The summed E-state index contributed by atoms with van der Waals surface area (Å²) in [7, 11) is -3.86. The molecule has 1 aliphatic rings. The van der Waals surface area contributed by atoms with Gasteiger partial charge in [0, 0.05) is 0 Å². The van der Waals surface area contributed by atoms with Crippen molar-refractivity contribution in [2.45, 2.75) is 59.7 Å². The molecule has 0 atom stereocenters. The molecule has 7 heteroatoms. The highest BCUT2D eigenvalue weighted by Crippen LogP contribution is 2.47. The van der Waals surface area contributed by atoms with Crippen molar-refractivity contribution in [3.8, 4) is 0 Å². The van der Waals surface area contributed by atoms with Gasteiger partial charge in [-0.1, -0.05) is 12.1 Å². The van der Waals surface area contributed by atoms with Gasteiger partial charge in [-0.25, -0.2) is 0 Å². The zero-order valence-electron chi connectivity index (χ0n) is 15.7. The van der Waals surface area contributed by atoms with Crippen LogP contribution in [-0.2, 0) is 22.9 Å². The highest BCUT2D eigenvalue weighted by molar-refractivity contribution is 7.62. The maximum Gasteiger partial charge on any atom is 0.494 e. The Bertz CT molecular complexity index is 618. The van der Waals surface area contributed by atoms with E-state index in [0.717, 1.165) is 11.0 Å². The van der Waals surface area contributed by atoms with Gasteiger partial charge in [0.2, 0.25) is 0 Å². The zero-order chi connectivity index (χ0) is 18.2. The third-order valence-electron chi connectivity index (χ3n) is 4.65. The largest absolute Gasteiger partial charge is 0.494 e. The Labute approximate surface area is 145 Å². The van der Waals surface area contributed by atoms with Gasteiger partial charge >= 0.3 is 14.7 Å². The monoisotopic (exact) mass is 354 g/mol. The number of rotatable bonds is 6. The van der Waals surface area contributed by atoms with E-state index in [2.05, 4.69) is 0 Å². The molecule has 0 aromatic heterocycles. The Hall–Kier alpha value is -0.645. The summed E-state index contributed by atoms with van der Waals surface area (Å²) in [4.78, 5) is 0. The first-order chi connectivity index (χ1) is 11.1. The molecule has 5 nitrogen and oxygen atoms in total. The molecule has 1 fully saturated rings. The van der Waals surface area contributed by atoms with Crippen molar-refractivity contribution in [2.75, 3.05) is 13.2 Å². The Morgan fingerprint density at radius 3 is 2.00 bits per heavy atom. The van der Waals surface area contributed by atoms with Gasteiger partial charge in [-0.05, 0) is 65.6 Å². The molecule has 0 N–H and O–H groups in total. The van der Waals surface area contributed by atoms with E-state index in [4.69, 9.17) is 18.4 Å². The SMILES string of the molecule is CCOP(=O)(OCC)c1cc(B2OC(C)(C)C(C)(C)O2)ccc1C. The molecule has 1 aliphatic heterocycles. The first kappa shape index (κ1) is 19.7. The van der Waals surface area contributed by atoms with Crippen LogP contribution in [0.15, 0.2) is 18.2 Å². The molecule has 134 valence electrons. The molecule has 0 spiro atoms. The van der Waals surface area contributed by atoms with Crippen LogP contribution in [0.25, 0.3) is 0 Å². The Morgan fingerprint density at radius 1 is 1.04 bits per heavy atom. The molecule has 1 saturated heterocycles. The van der Waals surface area contributed by atoms with Gasteiger partial charge in [-0.2, -0.15) is 0 Å². The first-order valence-electron chi connectivity index (χ1n) is 8.42. The van der Waals surface area contributed by atoms with E-state index in [1.165, 1.54) is 0 Å². The van der Waals surface area contributed by atoms with Crippen LogP contribution >= 0.6 is 7.60 Å². The van der Waals surface area contributed by atoms with Gasteiger partial charge in [-0.15, -0.1) is 0 Å². The predicted molar refractivity (Wildman–Crippen MR) is 97.4 cm³/mol. The van der Waals surface area contributed by atoms with Crippen molar-refractivity contribution in [3.63, 3.8) is 0 Å². The molecule has 0 radical (unpaired) electrons. The molecular formula is C17H28BO5P. The van der Waals surface area contributed by atoms with Gasteiger partial charge in [0.15, 0.2) is 0 Å². The van der Waals surface area contributed by atoms with Crippen molar-refractivity contribution >= 4 is 25.5 Å². The summed E-state index contributed by atoms with van der Waals surface area (Å²) in [6, 6.07) is 5.66. The molecule has 0 saturated carbocycles. The highest BCUT2D eigenvalue weighted by Gasteiger charge is 2.52. The van der Waals surface area contributed by atoms with E-state index in [1.54, 1.807) is 13.8 Å². The molecule has 24 heavy (non-hydrogen) atoms. The average Bonchev–Trinajstić information content (AvgIpc) is 2.68. The highest BCUT2D eigenvalue weighted by atomic mass is 31.2. The minimum absolute atomic E-state index is 0.317. The van der Waals surface area contributed by atoms with Crippen LogP contribution in [-0.4, -0.2) is 31.5 Å². The minimum atomic E-state index is -3.35. The van der Waals surface area contributed by atoms with Crippen LogP contribution in [0, 0.1) is 6.92 Å². The fourth-order valence-corrected chi connectivity index (χ4v) is 4.41. The lowest BCUT2D eigenvalue weighted by molar-refractivity contribution is 0.00578. The topological polar surface area (TPSA) is 54.0 Å². The number of hydrogen-bond donors (Lipinski definition) is 0. The van der Waals surface area contributed by atoms with Crippen molar-refractivity contribution in [1.29, 1.82) is 0 Å². The van der Waals surface area contributed by atoms with Gasteiger partial charge in [0.05, 0.1) is 29.7 Å². The van der Waals surface area contributed by atoms with E-state index >= 15 is 0 Å². The van der Waals surface area contributed by atoms with Gasteiger partial charge in [-0.3, -0.25) is 4.57 Å². The van der Waals surface area contributed by atoms with Gasteiger partial charge in [0.1, 0.15) is 0 Å². The molecule has 1 aromatic carbocycles. The van der Waals surface area contributed by atoms with Crippen LogP contribution < -0.4 is 10.8 Å². The Kier molecular flexibility index (Phi) is 5.68. The molecule has 1 heterocycles. The summed E-state index contributed by atoms with van der Waals surface area (Å²) in [6.45, 7) is 14.2. The van der Waals surface area contributed by atoms with E-state index < -0.39 is 25.9 Å². The first-order valence-corrected chi connectivity index (χ1v) is 9.96. The summed E-state index contributed by atoms with van der Waals surface area (Å²) in [5, 5.41) is 0.568. The van der Waals surface area contributed by atoms with Crippen LogP contribution in [0.5, 0.6) is 0 Å². The Balaban J connectivity index is 2.41. The minimum Gasteiger partial charge on any atom is -0.399 e.